The largest absolute Gasteiger partial charge is 0.497 e. The number of hydrogen-bond acceptors (Lipinski definition) is 4. The lowest BCUT2D eigenvalue weighted by Gasteiger charge is -2.08. The minimum atomic E-state index is 0.0593. The highest BCUT2D eigenvalue weighted by molar-refractivity contribution is 5.93. The highest BCUT2D eigenvalue weighted by atomic mass is 16.5. The molecule has 0 radical (unpaired) electrons. The van der Waals surface area contributed by atoms with Gasteiger partial charge in [0.25, 0.3) is 0 Å². The van der Waals surface area contributed by atoms with E-state index in [1.165, 1.54) is 0 Å². The van der Waals surface area contributed by atoms with Gasteiger partial charge in [-0.3, -0.25) is 4.68 Å². The Kier molecular flexibility index (Phi) is 3.82. The lowest BCUT2D eigenvalue weighted by Crippen LogP contribution is -2.07. The van der Waals surface area contributed by atoms with Crippen molar-refractivity contribution >= 4 is 16.6 Å². The van der Waals surface area contributed by atoms with E-state index in [4.69, 9.17) is 14.5 Å². The average molecular weight is 337 g/mol. The third-order valence-electron chi connectivity index (χ3n) is 4.37. The molecule has 2 aromatic carbocycles. The van der Waals surface area contributed by atoms with Gasteiger partial charge in [0, 0.05) is 10.9 Å². The van der Waals surface area contributed by atoms with Crippen molar-refractivity contribution in [3.63, 3.8) is 0 Å². The minimum absolute atomic E-state index is 0.0593. The maximum atomic E-state index is 9.44. The normalized spacial score (nSPS) is 11.3. The van der Waals surface area contributed by atoms with Gasteiger partial charge in [-0.25, -0.2) is 9.50 Å². The highest BCUT2D eigenvalue weighted by Gasteiger charge is 2.16. The number of aromatic nitrogens is 3. The van der Waals surface area contributed by atoms with Gasteiger partial charge in [0.05, 0.1) is 44.8 Å². The maximum Gasteiger partial charge on any atom is 0.161 e. The van der Waals surface area contributed by atoms with Crippen molar-refractivity contribution in [1.82, 2.24) is 14.2 Å². The van der Waals surface area contributed by atoms with Crippen LogP contribution in [-0.2, 0) is 6.54 Å². The van der Waals surface area contributed by atoms with Crippen LogP contribution in [0.25, 0.3) is 27.8 Å². The third-order valence-corrected chi connectivity index (χ3v) is 4.37. The summed E-state index contributed by atoms with van der Waals surface area (Å²) in [7, 11) is 3.28. The Morgan fingerprint density at radius 3 is 2.68 bits per heavy atom. The summed E-state index contributed by atoms with van der Waals surface area (Å²) in [4.78, 5) is 4.82. The van der Waals surface area contributed by atoms with Crippen molar-refractivity contribution in [2.24, 2.45) is 0 Å². The molecule has 2 heterocycles. The topological polar surface area (TPSA) is 60.9 Å². The molecule has 25 heavy (non-hydrogen) atoms. The zero-order valence-electron chi connectivity index (χ0n) is 14.1. The molecule has 1 N–H and O–H groups in total. The van der Waals surface area contributed by atoms with Gasteiger partial charge >= 0.3 is 0 Å². The molecule has 0 aliphatic heterocycles. The van der Waals surface area contributed by atoms with E-state index in [2.05, 4.69) is 0 Å². The lowest BCUT2D eigenvalue weighted by atomic mass is 10.1. The Bertz CT molecular complexity index is 1050. The molecule has 4 aromatic rings. The quantitative estimate of drug-likeness (QED) is 0.608. The second-order valence-electron chi connectivity index (χ2n) is 5.72. The summed E-state index contributed by atoms with van der Waals surface area (Å²) in [5, 5.41) is 10.5. The minimum Gasteiger partial charge on any atom is -0.497 e. The molecule has 128 valence electrons. The van der Waals surface area contributed by atoms with Crippen molar-refractivity contribution < 1.29 is 14.6 Å². The van der Waals surface area contributed by atoms with E-state index in [0.717, 1.165) is 39.3 Å². The van der Waals surface area contributed by atoms with E-state index in [1.54, 1.807) is 14.2 Å². The van der Waals surface area contributed by atoms with E-state index < -0.39 is 0 Å². The van der Waals surface area contributed by atoms with E-state index in [9.17, 15) is 5.11 Å². The van der Waals surface area contributed by atoms with Crippen molar-refractivity contribution in [2.75, 3.05) is 20.8 Å². The van der Waals surface area contributed by atoms with E-state index >= 15 is 0 Å². The number of nitrogens with zero attached hydrogens (tertiary/aromatic N) is 3. The number of aliphatic hydroxyl groups is 1. The molecule has 4 rings (SSSR count). The Morgan fingerprint density at radius 1 is 1.08 bits per heavy atom. The summed E-state index contributed by atoms with van der Waals surface area (Å²) in [6.07, 6.45) is 1.96. The molecule has 0 unspecified atom stereocenters. The first kappa shape index (κ1) is 15.5. The Balaban J connectivity index is 1.97. The standard InChI is InChI=1S/C19H19N3O3/c1-24-13-7-8-18(25-2)15(11-13)16-12-22-19(20-16)14-5-3-4-6-17(14)21(22)9-10-23/h3-8,11-12,23H,9-10H2,1-2H3. The van der Waals surface area contributed by atoms with Gasteiger partial charge in [0.15, 0.2) is 5.65 Å². The molecular formula is C19H19N3O3. The summed E-state index contributed by atoms with van der Waals surface area (Å²) in [6, 6.07) is 13.7. The number of imidazole rings is 1. The molecule has 2 aromatic heterocycles. The molecule has 0 aliphatic rings. The fourth-order valence-electron chi connectivity index (χ4n) is 3.21. The van der Waals surface area contributed by atoms with E-state index in [-0.39, 0.29) is 6.61 Å². The molecule has 0 aliphatic carbocycles. The van der Waals surface area contributed by atoms with Gasteiger partial charge in [0.2, 0.25) is 0 Å². The molecular weight excluding hydrogens is 318 g/mol. The van der Waals surface area contributed by atoms with Gasteiger partial charge in [0.1, 0.15) is 11.5 Å². The van der Waals surface area contributed by atoms with Gasteiger partial charge < -0.3 is 14.6 Å². The molecule has 0 atom stereocenters. The van der Waals surface area contributed by atoms with Crippen LogP contribution in [0.1, 0.15) is 0 Å². The van der Waals surface area contributed by atoms with Crippen LogP contribution in [0.15, 0.2) is 48.7 Å². The summed E-state index contributed by atoms with van der Waals surface area (Å²) in [5.41, 5.74) is 3.56. The maximum absolute atomic E-state index is 9.44. The number of aliphatic hydroxyl groups excluding tert-OH is 1. The van der Waals surface area contributed by atoms with Crippen molar-refractivity contribution in [3.05, 3.63) is 48.7 Å². The molecule has 6 heteroatoms. The summed E-state index contributed by atoms with van der Waals surface area (Å²) in [5.74, 6) is 1.48. The zero-order valence-corrected chi connectivity index (χ0v) is 14.1. The van der Waals surface area contributed by atoms with Crippen LogP contribution < -0.4 is 9.47 Å². The third kappa shape index (κ3) is 2.42. The number of ether oxygens (including phenoxy) is 2. The Labute approximate surface area is 144 Å². The summed E-state index contributed by atoms with van der Waals surface area (Å²) >= 11 is 0. The fraction of sp³-hybridized carbons (Fsp3) is 0.211. The number of para-hydroxylation sites is 1. The monoisotopic (exact) mass is 337 g/mol. The average Bonchev–Trinajstić information content (AvgIpc) is 3.20. The highest BCUT2D eigenvalue weighted by Crippen LogP contribution is 2.34. The summed E-state index contributed by atoms with van der Waals surface area (Å²) < 4.78 is 14.8. The molecule has 0 amide bonds. The van der Waals surface area contributed by atoms with Crippen molar-refractivity contribution in [3.8, 4) is 22.8 Å². The van der Waals surface area contributed by atoms with E-state index in [0.29, 0.717) is 6.54 Å². The predicted octanol–water partition coefficient (Wildman–Crippen LogP) is 2.97. The number of benzene rings is 2. The zero-order chi connectivity index (χ0) is 17.4. The fourth-order valence-corrected chi connectivity index (χ4v) is 3.21. The SMILES string of the molecule is COc1ccc(OC)c(-c2cn3c(n2)c2ccccc2n3CCO)c1. The predicted molar refractivity (Wildman–Crippen MR) is 96.3 cm³/mol. The first-order valence-electron chi connectivity index (χ1n) is 8.06. The number of methoxy groups -OCH3 is 2. The first-order valence-corrected chi connectivity index (χ1v) is 8.06. The van der Waals surface area contributed by atoms with Gasteiger partial charge in [-0.15, -0.1) is 0 Å². The Hall–Kier alpha value is -2.99. The molecule has 0 fully saturated rings. The van der Waals surface area contributed by atoms with Crippen LogP contribution in [0, 0.1) is 0 Å². The van der Waals surface area contributed by atoms with E-state index in [1.807, 2.05) is 57.9 Å². The molecule has 0 bridgehead atoms. The van der Waals surface area contributed by atoms with Gasteiger partial charge in [-0.2, -0.15) is 0 Å². The van der Waals surface area contributed by atoms with Gasteiger partial charge in [-0.05, 0) is 30.3 Å². The lowest BCUT2D eigenvalue weighted by molar-refractivity contribution is 0.269. The van der Waals surface area contributed by atoms with Crippen LogP contribution in [0.3, 0.4) is 0 Å². The first-order chi connectivity index (χ1) is 12.3. The number of rotatable bonds is 5. The Morgan fingerprint density at radius 2 is 1.92 bits per heavy atom. The smallest absolute Gasteiger partial charge is 0.161 e. The molecule has 0 saturated carbocycles. The van der Waals surface area contributed by atoms with Crippen LogP contribution in [-0.4, -0.2) is 40.1 Å². The second-order valence-corrected chi connectivity index (χ2v) is 5.72. The van der Waals surface area contributed by atoms with Crippen LogP contribution >= 0.6 is 0 Å². The van der Waals surface area contributed by atoms with Crippen LogP contribution in [0.2, 0.25) is 0 Å². The van der Waals surface area contributed by atoms with Crippen molar-refractivity contribution in [2.45, 2.75) is 6.54 Å². The number of fused-ring (bicyclic) bond motifs is 3. The molecule has 0 spiro atoms. The molecule has 0 saturated heterocycles. The van der Waals surface area contributed by atoms with Crippen molar-refractivity contribution in [1.29, 1.82) is 0 Å². The molecule has 6 nitrogen and oxygen atoms in total. The van der Waals surface area contributed by atoms with Crippen LogP contribution in [0.5, 0.6) is 11.5 Å². The number of hydrogen-bond donors (Lipinski definition) is 1. The summed E-state index contributed by atoms with van der Waals surface area (Å²) in [6.45, 7) is 0.554. The second kappa shape index (κ2) is 6.14. The van der Waals surface area contributed by atoms with Crippen LogP contribution in [0.4, 0.5) is 0 Å². The van der Waals surface area contributed by atoms with Gasteiger partial charge in [-0.1, -0.05) is 12.1 Å².